The van der Waals surface area contributed by atoms with Gasteiger partial charge >= 0.3 is 11.8 Å². The van der Waals surface area contributed by atoms with Crippen LogP contribution in [-0.2, 0) is 6.54 Å². The number of aliphatic imine (C=N–C) groups is 1. The first-order valence-corrected chi connectivity index (χ1v) is 32.4. The maximum atomic E-state index is 14.2. The molecule has 14 aromatic rings. The third-order valence-corrected chi connectivity index (χ3v) is 14.9. The highest BCUT2D eigenvalue weighted by Crippen LogP contribution is 2.35. The number of ether oxygens (including phenoxy) is 1. The third-order valence-electron chi connectivity index (χ3n) is 14.4. The molecule has 0 atom stereocenters. The van der Waals surface area contributed by atoms with Gasteiger partial charge in [0.05, 0.1) is 51.7 Å². The number of non-ortho nitro benzene ring substituents is 1. The zero-order valence-corrected chi connectivity index (χ0v) is 59.2. The molecule has 0 saturated carbocycles. The predicted molar refractivity (Wildman–Crippen MR) is 395 cm³/mol. The number of fused-ring (bicyclic) bond motifs is 3. The van der Waals surface area contributed by atoms with E-state index in [0.717, 1.165) is 66.2 Å². The molecule has 14 rings (SSSR count). The number of nitro benzene ring substituents is 1. The van der Waals surface area contributed by atoms with E-state index < -0.39 is 51.8 Å². The Bertz CT molecular complexity index is 5240. The van der Waals surface area contributed by atoms with Crippen LogP contribution in [-0.4, -0.2) is 94.5 Å². The van der Waals surface area contributed by atoms with Crippen LogP contribution in [0.3, 0.4) is 0 Å². The number of aryl methyl sites for hydroxylation is 3. The Labute approximate surface area is 639 Å². The topological polar surface area (TPSA) is 419 Å². The molecule has 0 spiro atoms. The van der Waals surface area contributed by atoms with Gasteiger partial charge in [0.15, 0.2) is 47.7 Å². The minimum absolute atomic E-state index is 0. The van der Waals surface area contributed by atoms with E-state index in [2.05, 4.69) is 116 Å². The fourth-order valence-corrected chi connectivity index (χ4v) is 9.47. The van der Waals surface area contributed by atoms with Crippen molar-refractivity contribution in [1.82, 2.24) is 60.8 Å². The van der Waals surface area contributed by atoms with Gasteiger partial charge in [-0.05, 0) is 177 Å². The summed E-state index contributed by atoms with van der Waals surface area (Å²) in [4.78, 5) is 49.4. The summed E-state index contributed by atoms with van der Waals surface area (Å²) < 4.78 is 142. The highest BCUT2D eigenvalue weighted by Gasteiger charge is 2.25. The van der Waals surface area contributed by atoms with Gasteiger partial charge in [-0.2, -0.15) is 19.3 Å². The van der Waals surface area contributed by atoms with Crippen molar-refractivity contribution in [2.75, 3.05) is 38.9 Å². The standard InChI is InChI=1S/2C17H11ClF2N6O.C17H11F3N6O.C12H9F2N3O.C7H6N2O4.CH4/c3*1-8-2-4-12(10(19)6-8)21-14-15(24-17-16(23-14)25-27-26-17)22-13-5-3-9(18)7-11(13)20;1-12(13,14)18-11-4-2-9(3-5-11)8-17-10(6-15)7-16;1-8(11)6-4-5(9(12)13)2-3-7(6)10;/h3*2-7H,1H3,(H,21,23,25)(H,22,24,26);2-5H,8H2,1H3;2-4H,1H3;1H4/p+1. The first-order chi connectivity index (χ1) is 53.4. The number of aromatic nitrogens is 12. The van der Waals surface area contributed by atoms with E-state index in [1.54, 1.807) is 63.2 Å². The molecule has 0 amide bonds. The van der Waals surface area contributed by atoms with Crippen LogP contribution in [0.2, 0.25) is 10.0 Å². The predicted octanol–water partition coefficient (Wildman–Crippen LogP) is 18.3. The summed E-state index contributed by atoms with van der Waals surface area (Å²) in [6.07, 6.45) is -3.23. The van der Waals surface area contributed by atoms with Gasteiger partial charge in [-0.15, -0.1) is 0 Å². The van der Waals surface area contributed by atoms with Crippen LogP contribution in [0.1, 0.15) is 36.6 Å². The van der Waals surface area contributed by atoms with E-state index in [9.17, 15) is 54.5 Å². The molecule has 0 bridgehead atoms. The van der Waals surface area contributed by atoms with Gasteiger partial charge in [0.2, 0.25) is 39.6 Å². The second-order valence-electron chi connectivity index (χ2n) is 22.9. The Morgan fingerprint density at radius 1 is 0.496 bits per heavy atom. The van der Waals surface area contributed by atoms with Crippen LogP contribution in [0.4, 0.5) is 120 Å². The monoisotopic (exact) mass is 1600 g/mol. The molecule has 0 aliphatic heterocycles. The second-order valence-corrected chi connectivity index (χ2v) is 23.8. The number of hydrogen-bond acceptors (Lipinski definition) is 29. The number of nitriles is 2. The molecule has 6 aromatic heterocycles. The normalized spacial score (nSPS) is 10.6. The Balaban J connectivity index is 0.000000165. The van der Waals surface area contributed by atoms with Crippen LogP contribution >= 0.6 is 23.2 Å². The number of phenols is 1. The Morgan fingerprint density at radius 2 is 0.814 bits per heavy atom. The molecule has 0 saturated heterocycles. The van der Waals surface area contributed by atoms with E-state index in [0.29, 0.717) is 17.2 Å². The number of nitroso groups, excluding NO2 is 1. The molecule has 31 nitrogen and oxygen atoms in total. The van der Waals surface area contributed by atoms with Gasteiger partial charge in [-0.3, -0.25) is 15.1 Å². The largest absolute Gasteiger partial charge is 0.502 e. The average Bonchev–Trinajstić information content (AvgIpc) is 1.78. The minimum Gasteiger partial charge on any atom is -0.502 e. The molecule has 8 aromatic carbocycles. The number of halogens is 11. The van der Waals surface area contributed by atoms with Crippen LogP contribution in [0.15, 0.2) is 171 Å². The Kier molecular flexibility index (Phi) is 26.8. The van der Waals surface area contributed by atoms with Crippen LogP contribution in [0.5, 0.6) is 11.5 Å². The van der Waals surface area contributed by atoms with Crippen LogP contribution < -0.4 is 36.6 Å². The molecular weight excluding hydrogens is 1540 g/mol. The maximum absolute atomic E-state index is 14.2. The summed E-state index contributed by atoms with van der Waals surface area (Å²) in [6, 6.07) is 37.5. The van der Waals surface area contributed by atoms with Crippen molar-refractivity contribution in [3.8, 4) is 23.6 Å². The van der Waals surface area contributed by atoms with Crippen molar-refractivity contribution in [1.29, 1.82) is 10.5 Å². The molecular formula is C71H53Cl2F9N23O8+. The van der Waals surface area contributed by atoms with Gasteiger partial charge in [0.25, 0.3) is 5.69 Å². The molecule has 42 heteroatoms. The lowest BCUT2D eigenvalue weighted by molar-refractivity contribution is -0.430. The molecule has 113 heavy (non-hydrogen) atoms. The first kappa shape index (κ1) is 82.3. The lowest BCUT2D eigenvalue weighted by Crippen LogP contribution is -2.18. The van der Waals surface area contributed by atoms with Gasteiger partial charge in [-0.1, -0.05) is 61.0 Å². The smallest absolute Gasteiger partial charge is 0.394 e. The molecule has 0 unspecified atom stereocenters. The molecule has 0 aliphatic rings. The maximum Gasteiger partial charge on any atom is 0.394 e. The molecule has 0 fully saturated rings. The third kappa shape index (κ3) is 22.4. The van der Waals surface area contributed by atoms with Gasteiger partial charge in [0.1, 0.15) is 58.6 Å². The fourth-order valence-electron chi connectivity index (χ4n) is 9.15. The zero-order chi connectivity index (χ0) is 80.5. The van der Waals surface area contributed by atoms with Crippen molar-refractivity contribution < 1.29 is 72.9 Å². The van der Waals surface area contributed by atoms with Crippen LogP contribution in [0, 0.1) is 99.2 Å². The summed E-state index contributed by atoms with van der Waals surface area (Å²) in [6.45, 7) is 6.09. The summed E-state index contributed by atoms with van der Waals surface area (Å²) in [7, 11) is 1.15. The van der Waals surface area contributed by atoms with Crippen LogP contribution in [0.25, 0.3) is 33.9 Å². The number of aromatic hydroxyl groups is 1. The zero-order valence-electron chi connectivity index (χ0n) is 57.7. The van der Waals surface area contributed by atoms with E-state index in [1.807, 2.05) is 0 Å². The highest BCUT2D eigenvalue weighted by molar-refractivity contribution is 6.31. The van der Waals surface area contributed by atoms with E-state index in [-0.39, 0.29) is 156 Å². The van der Waals surface area contributed by atoms with Gasteiger partial charge in [0, 0.05) is 38.8 Å². The first-order valence-electron chi connectivity index (χ1n) is 31.6. The van der Waals surface area contributed by atoms with Gasteiger partial charge in [-0.25, -0.2) is 74.5 Å². The quantitative estimate of drug-likeness (QED) is 0.0138. The Hall–Kier alpha value is -14.8. The number of phenolic OH excluding ortho intramolecular Hbond substituents is 1. The molecule has 0 radical (unpaired) electrons. The number of nitrogens with one attached hydrogen (secondary N) is 6. The number of benzene rings is 8. The average molecular weight is 1600 g/mol. The molecule has 576 valence electrons. The molecule has 6 heterocycles. The number of nitrogens with zero attached hydrogens (tertiary/aromatic N) is 17. The number of anilines is 12. The summed E-state index contributed by atoms with van der Waals surface area (Å²) >= 11 is 11.5. The van der Waals surface area contributed by atoms with E-state index >= 15 is 0 Å². The summed E-state index contributed by atoms with van der Waals surface area (Å²) in [5.41, 5.74) is 3.64. The van der Waals surface area contributed by atoms with Crippen molar-refractivity contribution in [2.24, 2.45) is 4.99 Å². The van der Waals surface area contributed by atoms with Crippen molar-refractivity contribution in [3.05, 3.63) is 240 Å². The number of nitro groups is 1. The van der Waals surface area contributed by atoms with Crippen molar-refractivity contribution >= 4 is 143 Å². The van der Waals surface area contributed by atoms with Gasteiger partial charge < -0.3 is 41.7 Å². The van der Waals surface area contributed by atoms with E-state index in [4.69, 9.17) is 38.8 Å². The minimum atomic E-state index is -3.23. The number of hydrogen-bond donors (Lipinski definition) is 7. The SMILES string of the molecule is C.CC(F)(F)Oc1ccc(CN=C(C#N)C#N)cc1.C[N+](=O)c1cc([N+](=O)[O-])ccc1O.Cc1ccc(Nc2nc3nonc3nc2Nc2ccc(Cl)cc2F)c(F)c1.Cc1ccc(Nc2nc3nonc3nc2Nc2ccc(Cl)cc2F)c(F)c1.Cc1ccc(Nc2nc3nonc3nc2Nc2ccc(F)cc2F)c(F)c1. The number of rotatable bonds is 18. The number of alkyl halides is 2. The highest BCUT2D eigenvalue weighted by atomic mass is 35.5. The molecule has 7 N–H and O–H groups in total. The second kappa shape index (κ2) is 36.9. The lowest BCUT2D eigenvalue weighted by Gasteiger charge is -2.13. The lowest BCUT2D eigenvalue weighted by atomic mass is 10.2. The van der Waals surface area contributed by atoms with Crippen molar-refractivity contribution in [3.63, 3.8) is 0 Å². The summed E-state index contributed by atoms with van der Waals surface area (Å²) in [5.74, 6) is -3.86. The van der Waals surface area contributed by atoms with Crippen molar-refractivity contribution in [2.45, 2.75) is 47.8 Å². The molecule has 0 aliphatic carbocycles. The Morgan fingerprint density at radius 3 is 1.11 bits per heavy atom. The van der Waals surface area contributed by atoms with E-state index in [1.165, 1.54) is 78.9 Å². The summed E-state index contributed by atoms with van der Waals surface area (Å²) in [5, 5.41) is 75.2. The fraction of sp³-hybridized carbons (Fsp3) is 0.113.